The minimum atomic E-state index is -0.464. The molecule has 0 aliphatic carbocycles. The number of nitrogens with one attached hydrogen (secondary N) is 2. The van der Waals surface area contributed by atoms with E-state index in [1.807, 2.05) is 0 Å². The molecule has 6 nitrogen and oxygen atoms in total. The van der Waals surface area contributed by atoms with E-state index in [1.165, 1.54) is 12.1 Å². The van der Waals surface area contributed by atoms with Gasteiger partial charge in [0.05, 0.1) is 22.7 Å². The lowest BCUT2D eigenvalue weighted by Gasteiger charge is -2.26. The molecule has 2 aromatic rings. The zero-order valence-corrected chi connectivity index (χ0v) is 15.8. The van der Waals surface area contributed by atoms with Crippen molar-refractivity contribution in [3.05, 3.63) is 39.7 Å². The summed E-state index contributed by atoms with van der Waals surface area (Å²) in [5.74, 6) is 0.633. The number of benzene rings is 1. The van der Waals surface area contributed by atoms with Crippen molar-refractivity contribution >= 4 is 45.0 Å². The molecule has 1 aromatic carbocycles. The fourth-order valence-corrected chi connectivity index (χ4v) is 2.92. The summed E-state index contributed by atoms with van der Waals surface area (Å²) in [5.41, 5.74) is 0.619. The number of ether oxygens (including phenoxy) is 1. The standard InChI is InChI=1S/C16H18BrClFN5O/c17-12-10-21-16(22-11-1-2-14(19)13(18)9-11)23-15(12)20-3-4-24-5-7-25-8-6-24/h1-2,9-10H,3-8H2,(H2,20,21,22,23). The van der Waals surface area contributed by atoms with Crippen LogP contribution in [-0.2, 0) is 4.74 Å². The average molecular weight is 431 g/mol. The minimum absolute atomic E-state index is 0.0472. The SMILES string of the molecule is Fc1ccc(Nc2ncc(Br)c(NCCN3CCOCC3)n2)cc1Cl. The van der Waals surface area contributed by atoms with Crippen molar-refractivity contribution in [1.29, 1.82) is 0 Å². The summed E-state index contributed by atoms with van der Waals surface area (Å²) in [6.45, 7) is 5.14. The topological polar surface area (TPSA) is 62.3 Å². The van der Waals surface area contributed by atoms with Crippen LogP contribution >= 0.6 is 27.5 Å². The smallest absolute Gasteiger partial charge is 0.229 e. The number of morpholine rings is 1. The van der Waals surface area contributed by atoms with Crippen molar-refractivity contribution in [2.24, 2.45) is 0 Å². The maximum Gasteiger partial charge on any atom is 0.229 e. The van der Waals surface area contributed by atoms with E-state index in [2.05, 4.69) is 41.4 Å². The third-order valence-corrected chi connectivity index (χ3v) is 4.61. The van der Waals surface area contributed by atoms with Crippen LogP contribution in [0.25, 0.3) is 0 Å². The third-order valence-electron chi connectivity index (χ3n) is 3.74. The number of rotatable bonds is 6. The van der Waals surface area contributed by atoms with Crippen LogP contribution in [0.3, 0.4) is 0 Å². The minimum Gasteiger partial charge on any atom is -0.379 e. The Morgan fingerprint density at radius 3 is 2.88 bits per heavy atom. The molecule has 9 heteroatoms. The van der Waals surface area contributed by atoms with Gasteiger partial charge in [0, 0.05) is 38.1 Å². The van der Waals surface area contributed by atoms with E-state index in [0.29, 0.717) is 17.5 Å². The molecule has 1 fully saturated rings. The number of halogens is 3. The highest BCUT2D eigenvalue weighted by atomic mass is 79.9. The molecule has 0 unspecified atom stereocenters. The lowest BCUT2D eigenvalue weighted by Crippen LogP contribution is -2.39. The molecule has 2 N–H and O–H groups in total. The normalized spacial score (nSPS) is 15.2. The van der Waals surface area contributed by atoms with Gasteiger partial charge >= 0.3 is 0 Å². The van der Waals surface area contributed by atoms with Crippen molar-refractivity contribution in [3.63, 3.8) is 0 Å². The van der Waals surface area contributed by atoms with Crippen LogP contribution in [0.1, 0.15) is 0 Å². The lowest BCUT2D eigenvalue weighted by atomic mass is 10.3. The molecule has 134 valence electrons. The van der Waals surface area contributed by atoms with Gasteiger partial charge in [-0.1, -0.05) is 11.6 Å². The van der Waals surface area contributed by atoms with E-state index in [-0.39, 0.29) is 5.02 Å². The van der Waals surface area contributed by atoms with E-state index in [4.69, 9.17) is 16.3 Å². The zero-order chi connectivity index (χ0) is 17.6. The van der Waals surface area contributed by atoms with E-state index in [1.54, 1.807) is 12.3 Å². The molecule has 0 bridgehead atoms. The van der Waals surface area contributed by atoms with Crippen LogP contribution in [0.2, 0.25) is 5.02 Å². The first-order valence-corrected chi connectivity index (χ1v) is 9.07. The Morgan fingerprint density at radius 1 is 1.32 bits per heavy atom. The van der Waals surface area contributed by atoms with Gasteiger partial charge in [0.1, 0.15) is 11.6 Å². The number of hydrogen-bond donors (Lipinski definition) is 2. The molecule has 1 aliphatic rings. The van der Waals surface area contributed by atoms with Crippen molar-refractivity contribution in [3.8, 4) is 0 Å². The predicted molar refractivity (Wildman–Crippen MR) is 100 cm³/mol. The summed E-state index contributed by atoms with van der Waals surface area (Å²) in [6.07, 6.45) is 1.66. The fraction of sp³-hybridized carbons (Fsp3) is 0.375. The molecule has 2 heterocycles. The molecule has 1 saturated heterocycles. The van der Waals surface area contributed by atoms with Gasteiger partial charge in [0.15, 0.2) is 0 Å². The highest BCUT2D eigenvalue weighted by Gasteiger charge is 2.11. The average Bonchev–Trinajstić information content (AvgIpc) is 2.62. The van der Waals surface area contributed by atoms with Gasteiger partial charge in [-0.2, -0.15) is 4.98 Å². The highest BCUT2D eigenvalue weighted by Crippen LogP contribution is 2.24. The number of nitrogens with zero attached hydrogens (tertiary/aromatic N) is 3. The molecule has 0 radical (unpaired) electrons. The van der Waals surface area contributed by atoms with E-state index in [0.717, 1.165) is 43.9 Å². The van der Waals surface area contributed by atoms with E-state index >= 15 is 0 Å². The summed E-state index contributed by atoms with van der Waals surface area (Å²) in [7, 11) is 0. The first kappa shape index (κ1) is 18.3. The molecule has 1 aromatic heterocycles. The predicted octanol–water partition coefficient (Wildman–Crippen LogP) is 3.52. The van der Waals surface area contributed by atoms with Gasteiger partial charge < -0.3 is 15.4 Å². The largest absolute Gasteiger partial charge is 0.379 e. The van der Waals surface area contributed by atoms with E-state index < -0.39 is 5.82 Å². The molecular weight excluding hydrogens is 413 g/mol. The van der Waals surface area contributed by atoms with Crippen molar-refractivity contribution < 1.29 is 9.13 Å². The summed E-state index contributed by atoms with van der Waals surface area (Å²) in [6, 6.07) is 4.37. The van der Waals surface area contributed by atoms with Crippen LogP contribution in [0.15, 0.2) is 28.9 Å². The summed E-state index contributed by atoms with van der Waals surface area (Å²) in [5, 5.41) is 6.37. The molecule has 0 atom stereocenters. The van der Waals surface area contributed by atoms with Crippen LogP contribution in [0.5, 0.6) is 0 Å². The van der Waals surface area contributed by atoms with Crippen molar-refractivity contribution in [2.75, 3.05) is 50.0 Å². The number of aromatic nitrogens is 2. The molecule has 0 amide bonds. The Kier molecular flexibility index (Phi) is 6.41. The molecule has 0 saturated carbocycles. The Hall–Kier alpha value is -1.48. The van der Waals surface area contributed by atoms with Crippen LogP contribution in [0, 0.1) is 5.82 Å². The number of anilines is 3. The molecule has 3 rings (SSSR count). The Balaban J connectivity index is 1.60. The van der Waals surface area contributed by atoms with Gasteiger partial charge in [-0.05, 0) is 34.1 Å². The molecule has 25 heavy (non-hydrogen) atoms. The quantitative estimate of drug-likeness (QED) is 0.731. The van der Waals surface area contributed by atoms with Crippen LogP contribution < -0.4 is 10.6 Å². The lowest BCUT2D eigenvalue weighted by molar-refractivity contribution is 0.0398. The first-order valence-electron chi connectivity index (χ1n) is 7.90. The second kappa shape index (κ2) is 8.75. The second-order valence-electron chi connectivity index (χ2n) is 5.52. The fourth-order valence-electron chi connectivity index (χ4n) is 2.41. The third kappa shape index (κ3) is 5.24. The summed E-state index contributed by atoms with van der Waals surface area (Å²) >= 11 is 9.23. The maximum absolute atomic E-state index is 13.2. The van der Waals surface area contributed by atoms with Gasteiger partial charge in [-0.3, -0.25) is 4.90 Å². The maximum atomic E-state index is 13.2. The van der Waals surface area contributed by atoms with Crippen molar-refractivity contribution in [2.45, 2.75) is 0 Å². The molecule has 1 aliphatic heterocycles. The highest BCUT2D eigenvalue weighted by molar-refractivity contribution is 9.10. The summed E-state index contributed by atoms with van der Waals surface area (Å²) in [4.78, 5) is 11.0. The monoisotopic (exact) mass is 429 g/mol. The zero-order valence-electron chi connectivity index (χ0n) is 13.4. The van der Waals surface area contributed by atoms with Crippen LogP contribution in [0.4, 0.5) is 21.8 Å². The first-order chi connectivity index (χ1) is 12.1. The van der Waals surface area contributed by atoms with Gasteiger partial charge in [0.2, 0.25) is 5.95 Å². The second-order valence-corrected chi connectivity index (χ2v) is 6.79. The Bertz CT molecular complexity index is 730. The Morgan fingerprint density at radius 2 is 2.12 bits per heavy atom. The van der Waals surface area contributed by atoms with Gasteiger partial charge in [-0.25, -0.2) is 9.37 Å². The van der Waals surface area contributed by atoms with Crippen LogP contribution in [-0.4, -0.2) is 54.3 Å². The summed E-state index contributed by atoms with van der Waals surface area (Å²) < 4.78 is 19.3. The molecule has 0 spiro atoms. The van der Waals surface area contributed by atoms with Gasteiger partial charge in [0.25, 0.3) is 0 Å². The van der Waals surface area contributed by atoms with E-state index in [9.17, 15) is 4.39 Å². The van der Waals surface area contributed by atoms with Crippen molar-refractivity contribution in [1.82, 2.24) is 14.9 Å². The van der Waals surface area contributed by atoms with Gasteiger partial charge in [-0.15, -0.1) is 0 Å². The Labute approximate surface area is 158 Å². The number of hydrogen-bond acceptors (Lipinski definition) is 6. The molecular formula is C16H18BrClFN5O.